The standard InChI is InChI=1S/C28H40N8O4/c1-27(30,19-37)24(38)34-12-14-35(15-13-34)25(39)31-23-6-9-36(26(40)32-23)22-4-2-20(3-5-22)18-33-10-7-28(8-11-33)16-21(29)17-28/h2-6,9,21,37H,7-8,10-19,29-30H2,1H3,(H,31,32,39,40)/t27-/m0/s1. The molecule has 3 fully saturated rings. The van der Waals surface area contributed by atoms with Gasteiger partial charge in [-0.15, -0.1) is 0 Å². The number of urea groups is 1. The summed E-state index contributed by atoms with van der Waals surface area (Å²) >= 11 is 0. The maximum Gasteiger partial charge on any atom is 0.354 e. The average Bonchev–Trinajstić information content (AvgIpc) is 2.94. The Morgan fingerprint density at radius 2 is 1.68 bits per heavy atom. The van der Waals surface area contributed by atoms with E-state index in [1.54, 1.807) is 17.2 Å². The number of aliphatic hydroxyl groups is 1. The summed E-state index contributed by atoms with van der Waals surface area (Å²) < 4.78 is 1.44. The molecule has 216 valence electrons. The van der Waals surface area contributed by atoms with Gasteiger partial charge in [0, 0.05) is 45.0 Å². The van der Waals surface area contributed by atoms with Gasteiger partial charge in [0.15, 0.2) is 0 Å². The number of piperidine rings is 1. The predicted octanol–water partition coefficient (Wildman–Crippen LogP) is 0.322. The lowest BCUT2D eigenvalue weighted by Crippen LogP contribution is -2.60. The second kappa shape index (κ2) is 11.3. The molecule has 1 aromatic heterocycles. The summed E-state index contributed by atoms with van der Waals surface area (Å²) in [6.07, 6.45) is 6.37. The number of nitrogens with zero attached hydrogens (tertiary/aromatic N) is 5. The summed E-state index contributed by atoms with van der Waals surface area (Å²) in [5.74, 6) is -0.196. The van der Waals surface area contributed by atoms with Crippen LogP contribution in [0.1, 0.15) is 38.2 Å². The Labute approximate surface area is 233 Å². The topological polar surface area (TPSA) is 163 Å². The molecule has 1 aliphatic carbocycles. The van der Waals surface area contributed by atoms with E-state index < -0.39 is 23.9 Å². The van der Waals surface area contributed by atoms with Crippen LogP contribution in [0, 0.1) is 5.41 Å². The van der Waals surface area contributed by atoms with Crippen molar-refractivity contribution in [3.63, 3.8) is 0 Å². The summed E-state index contributed by atoms with van der Waals surface area (Å²) in [6.45, 7) is 5.30. The van der Waals surface area contributed by atoms with Crippen LogP contribution in [-0.2, 0) is 11.3 Å². The monoisotopic (exact) mass is 552 g/mol. The van der Waals surface area contributed by atoms with Crippen molar-refractivity contribution in [1.82, 2.24) is 24.3 Å². The third kappa shape index (κ3) is 6.04. The van der Waals surface area contributed by atoms with Gasteiger partial charge in [0.2, 0.25) is 5.91 Å². The molecule has 2 aromatic rings. The first-order valence-corrected chi connectivity index (χ1v) is 14.0. The van der Waals surface area contributed by atoms with Crippen LogP contribution in [0.25, 0.3) is 5.69 Å². The van der Waals surface area contributed by atoms with E-state index in [4.69, 9.17) is 11.5 Å². The zero-order valence-corrected chi connectivity index (χ0v) is 23.1. The number of amides is 3. The Kier molecular flexibility index (Phi) is 7.96. The van der Waals surface area contributed by atoms with Crippen LogP contribution in [0.5, 0.6) is 0 Å². The second-order valence-electron chi connectivity index (χ2n) is 11.9. The van der Waals surface area contributed by atoms with Gasteiger partial charge in [-0.1, -0.05) is 12.1 Å². The first-order chi connectivity index (χ1) is 19.1. The number of nitrogens with one attached hydrogen (secondary N) is 1. The van der Waals surface area contributed by atoms with Crippen LogP contribution in [0.15, 0.2) is 41.3 Å². The summed E-state index contributed by atoms with van der Waals surface area (Å²) in [7, 11) is 0. The highest BCUT2D eigenvalue weighted by atomic mass is 16.3. The largest absolute Gasteiger partial charge is 0.394 e. The maximum atomic E-state index is 12.8. The number of aromatic nitrogens is 2. The highest BCUT2D eigenvalue weighted by molar-refractivity contribution is 5.89. The number of hydrogen-bond acceptors (Lipinski definition) is 8. The smallest absolute Gasteiger partial charge is 0.354 e. The first-order valence-electron chi connectivity index (χ1n) is 14.0. The fraction of sp³-hybridized carbons (Fsp3) is 0.571. The van der Waals surface area contributed by atoms with E-state index in [9.17, 15) is 19.5 Å². The Hall–Kier alpha value is -3.32. The first kappa shape index (κ1) is 28.2. The van der Waals surface area contributed by atoms with Gasteiger partial charge in [0.05, 0.1) is 12.3 Å². The molecule has 2 aliphatic heterocycles. The van der Waals surface area contributed by atoms with E-state index in [-0.39, 0.29) is 11.7 Å². The van der Waals surface area contributed by atoms with Crippen molar-refractivity contribution in [2.45, 2.75) is 50.7 Å². The maximum absolute atomic E-state index is 12.8. The number of benzene rings is 1. The minimum absolute atomic E-state index is 0.159. The van der Waals surface area contributed by atoms with Crippen molar-refractivity contribution in [3.8, 4) is 5.69 Å². The van der Waals surface area contributed by atoms with Gasteiger partial charge in [-0.3, -0.25) is 19.6 Å². The second-order valence-corrected chi connectivity index (χ2v) is 11.9. The normalized spacial score (nSPS) is 21.1. The number of rotatable bonds is 6. The predicted molar refractivity (Wildman–Crippen MR) is 151 cm³/mol. The lowest BCUT2D eigenvalue weighted by Gasteiger charge is -2.51. The van der Waals surface area contributed by atoms with E-state index in [2.05, 4.69) is 15.2 Å². The average molecular weight is 553 g/mol. The molecule has 1 aromatic carbocycles. The van der Waals surface area contributed by atoms with Crippen molar-refractivity contribution < 1.29 is 14.7 Å². The van der Waals surface area contributed by atoms with Gasteiger partial charge < -0.3 is 26.4 Å². The van der Waals surface area contributed by atoms with Crippen LogP contribution in [0.3, 0.4) is 0 Å². The van der Waals surface area contributed by atoms with E-state index in [0.717, 1.165) is 19.6 Å². The minimum atomic E-state index is -1.35. The molecule has 3 aliphatic rings. The molecule has 40 heavy (non-hydrogen) atoms. The van der Waals surface area contributed by atoms with Crippen LogP contribution in [0.4, 0.5) is 10.6 Å². The van der Waals surface area contributed by atoms with Crippen LogP contribution < -0.4 is 22.5 Å². The van der Waals surface area contributed by atoms with E-state index >= 15 is 0 Å². The third-order valence-electron chi connectivity index (χ3n) is 8.64. The molecular formula is C28H40N8O4. The number of carbonyl (C=O) groups is 2. The van der Waals surface area contributed by atoms with Crippen LogP contribution in [0.2, 0.25) is 0 Å². The molecule has 5 rings (SSSR count). The van der Waals surface area contributed by atoms with Crippen molar-refractivity contribution in [3.05, 3.63) is 52.6 Å². The SMILES string of the molecule is C[C@](N)(CO)C(=O)N1CCN(C(=O)Nc2ccn(-c3ccc(CN4CCC5(CC4)CC(N)C5)cc3)c(=O)n2)CC1. The van der Waals surface area contributed by atoms with Gasteiger partial charge in [0.1, 0.15) is 11.4 Å². The molecular weight excluding hydrogens is 512 g/mol. The Bertz CT molecular complexity index is 1270. The van der Waals surface area contributed by atoms with Gasteiger partial charge in [-0.25, -0.2) is 9.59 Å². The molecule has 1 saturated carbocycles. The number of likely N-dealkylation sites (tertiary alicyclic amines) is 1. The van der Waals surface area contributed by atoms with Crippen LogP contribution >= 0.6 is 0 Å². The van der Waals surface area contributed by atoms with E-state index in [1.165, 1.54) is 47.6 Å². The molecule has 1 spiro atoms. The molecule has 0 radical (unpaired) electrons. The van der Waals surface area contributed by atoms with Crippen molar-refractivity contribution in [2.24, 2.45) is 16.9 Å². The lowest BCUT2D eigenvalue weighted by atomic mass is 9.61. The number of piperazine rings is 1. The van der Waals surface area contributed by atoms with Gasteiger partial charge in [-0.05, 0) is 74.9 Å². The number of nitrogens with two attached hydrogens (primary N) is 2. The van der Waals surface area contributed by atoms with Crippen LogP contribution in [-0.4, -0.2) is 98.8 Å². The zero-order valence-electron chi connectivity index (χ0n) is 23.1. The molecule has 1 atom stereocenters. The summed E-state index contributed by atoms with van der Waals surface area (Å²) in [4.78, 5) is 47.5. The molecule has 3 amide bonds. The van der Waals surface area contributed by atoms with Crippen molar-refractivity contribution in [2.75, 3.05) is 51.2 Å². The number of hydrogen-bond donors (Lipinski definition) is 4. The van der Waals surface area contributed by atoms with Gasteiger partial charge >= 0.3 is 11.7 Å². The van der Waals surface area contributed by atoms with Crippen molar-refractivity contribution >= 4 is 17.8 Å². The number of aliphatic hydroxyl groups excluding tert-OH is 1. The van der Waals surface area contributed by atoms with Gasteiger partial charge in [0.25, 0.3) is 0 Å². The quantitative estimate of drug-likeness (QED) is 0.398. The fourth-order valence-electron chi connectivity index (χ4n) is 6.07. The molecule has 12 nitrogen and oxygen atoms in total. The molecule has 3 heterocycles. The van der Waals surface area contributed by atoms with Gasteiger partial charge in [-0.2, -0.15) is 4.98 Å². The minimum Gasteiger partial charge on any atom is -0.394 e. The Balaban J connectivity index is 1.12. The molecule has 6 N–H and O–H groups in total. The molecule has 2 saturated heterocycles. The van der Waals surface area contributed by atoms with Crippen molar-refractivity contribution in [1.29, 1.82) is 0 Å². The summed E-state index contributed by atoms with van der Waals surface area (Å²) in [5, 5.41) is 12.0. The third-order valence-corrected chi connectivity index (χ3v) is 8.64. The summed E-state index contributed by atoms with van der Waals surface area (Å²) in [6, 6.07) is 9.49. The fourth-order valence-corrected chi connectivity index (χ4v) is 6.07. The highest BCUT2D eigenvalue weighted by Gasteiger charge is 2.44. The Morgan fingerprint density at radius 3 is 2.25 bits per heavy atom. The molecule has 0 unspecified atom stereocenters. The lowest BCUT2D eigenvalue weighted by molar-refractivity contribution is -0.139. The Morgan fingerprint density at radius 1 is 1.05 bits per heavy atom. The molecule has 12 heteroatoms. The van der Waals surface area contributed by atoms with E-state index in [1.807, 2.05) is 24.3 Å². The molecule has 0 bridgehead atoms. The van der Waals surface area contributed by atoms with E-state index in [0.29, 0.717) is 43.3 Å². The summed E-state index contributed by atoms with van der Waals surface area (Å²) in [5.41, 5.74) is 12.4. The zero-order chi connectivity index (χ0) is 28.5. The number of carbonyl (C=O) groups excluding carboxylic acids is 2. The number of anilines is 1. The highest BCUT2D eigenvalue weighted by Crippen LogP contribution is 2.48.